The van der Waals surface area contributed by atoms with Gasteiger partial charge in [-0.15, -0.1) is 0 Å². The lowest BCUT2D eigenvalue weighted by atomic mass is 10.2. The molecule has 1 atom stereocenters. The zero-order valence-electron chi connectivity index (χ0n) is 15.5. The smallest absolute Gasteiger partial charge is 0.276 e. The summed E-state index contributed by atoms with van der Waals surface area (Å²) in [6.07, 6.45) is 0. The Kier molecular flexibility index (Phi) is 4.07. The van der Waals surface area contributed by atoms with E-state index in [0.717, 1.165) is 11.2 Å². The summed E-state index contributed by atoms with van der Waals surface area (Å²) in [5.41, 5.74) is 3.19. The average molecular weight is 364 g/mol. The number of imidazole rings is 1. The lowest BCUT2D eigenvalue weighted by Gasteiger charge is -2.12. The number of hydrogen-bond donors (Lipinski definition) is 1. The Labute approximate surface area is 156 Å². The fourth-order valence-corrected chi connectivity index (χ4v) is 3.41. The first kappa shape index (κ1) is 17.1. The number of benzene rings is 1. The number of nitrogens with one attached hydrogen (secondary N) is 1. The molecule has 0 bridgehead atoms. The molecule has 0 fully saturated rings. The standard InChI is InChI=1S/C19H20N6O2/c1-4-25-15(5-12(3)23-25)18(26)22-19-21-14-6-13(8-20)7-16-17(14)24(19)9-11(2)10-27-16/h5-7,11H,4,9-10H2,1-3H3,(H,21,22,26)/t11-/m0/s1. The molecular weight excluding hydrogens is 344 g/mol. The van der Waals surface area contributed by atoms with Gasteiger partial charge in [0.1, 0.15) is 17.0 Å². The summed E-state index contributed by atoms with van der Waals surface area (Å²) in [6.45, 7) is 7.68. The number of nitrogens with zero attached hydrogens (tertiary/aromatic N) is 5. The number of hydrogen-bond acceptors (Lipinski definition) is 5. The van der Waals surface area contributed by atoms with Crippen LogP contribution in [-0.4, -0.2) is 31.8 Å². The van der Waals surface area contributed by atoms with Crippen LogP contribution in [0.2, 0.25) is 0 Å². The minimum absolute atomic E-state index is 0.236. The summed E-state index contributed by atoms with van der Waals surface area (Å²) in [4.78, 5) is 17.4. The van der Waals surface area contributed by atoms with E-state index in [0.29, 0.717) is 48.2 Å². The molecule has 0 radical (unpaired) electrons. The molecule has 0 saturated carbocycles. The summed E-state index contributed by atoms with van der Waals surface area (Å²) < 4.78 is 9.51. The van der Waals surface area contributed by atoms with Crippen molar-refractivity contribution in [1.29, 1.82) is 5.26 Å². The second-order valence-electron chi connectivity index (χ2n) is 6.86. The molecule has 1 aromatic carbocycles. The minimum atomic E-state index is -0.260. The SMILES string of the molecule is CCn1nc(C)cc1C(=O)Nc1nc2cc(C#N)cc3c2n1C[C@H](C)CO3. The van der Waals surface area contributed by atoms with E-state index >= 15 is 0 Å². The average Bonchev–Trinajstić information content (AvgIpc) is 3.14. The van der Waals surface area contributed by atoms with E-state index < -0.39 is 0 Å². The molecule has 0 saturated heterocycles. The summed E-state index contributed by atoms with van der Waals surface area (Å²) in [5.74, 6) is 1.05. The first-order valence-corrected chi connectivity index (χ1v) is 8.93. The van der Waals surface area contributed by atoms with Crippen molar-refractivity contribution in [3.63, 3.8) is 0 Å². The van der Waals surface area contributed by atoms with Gasteiger partial charge in [0.25, 0.3) is 5.91 Å². The van der Waals surface area contributed by atoms with Gasteiger partial charge < -0.3 is 9.30 Å². The minimum Gasteiger partial charge on any atom is -0.491 e. The van der Waals surface area contributed by atoms with Crippen molar-refractivity contribution >= 4 is 22.9 Å². The Bertz CT molecular complexity index is 1090. The predicted octanol–water partition coefficient (Wildman–Crippen LogP) is 2.71. The van der Waals surface area contributed by atoms with Gasteiger partial charge in [-0.05, 0) is 26.0 Å². The molecule has 1 aliphatic heterocycles. The van der Waals surface area contributed by atoms with E-state index in [-0.39, 0.29) is 11.8 Å². The molecule has 2 aromatic heterocycles. The number of aromatic nitrogens is 4. The van der Waals surface area contributed by atoms with Crippen molar-refractivity contribution in [3.8, 4) is 11.8 Å². The van der Waals surface area contributed by atoms with Gasteiger partial charge in [-0.3, -0.25) is 14.8 Å². The monoisotopic (exact) mass is 364 g/mol. The maximum atomic E-state index is 12.8. The first-order valence-electron chi connectivity index (χ1n) is 8.93. The van der Waals surface area contributed by atoms with Crippen molar-refractivity contribution < 1.29 is 9.53 Å². The van der Waals surface area contributed by atoms with Crippen LogP contribution in [0.3, 0.4) is 0 Å². The number of aryl methyl sites for hydroxylation is 2. The summed E-state index contributed by atoms with van der Waals surface area (Å²) in [6, 6.07) is 7.33. The largest absolute Gasteiger partial charge is 0.491 e. The fourth-order valence-electron chi connectivity index (χ4n) is 3.41. The maximum absolute atomic E-state index is 12.8. The molecule has 138 valence electrons. The quantitative estimate of drug-likeness (QED) is 0.770. The molecule has 3 heterocycles. The van der Waals surface area contributed by atoms with E-state index in [1.54, 1.807) is 22.9 Å². The highest BCUT2D eigenvalue weighted by atomic mass is 16.5. The van der Waals surface area contributed by atoms with Gasteiger partial charge in [0.15, 0.2) is 0 Å². The topological polar surface area (TPSA) is 97.8 Å². The van der Waals surface area contributed by atoms with Crippen LogP contribution >= 0.6 is 0 Å². The van der Waals surface area contributed by atoms with Crippen LogP contribution < -0.4 is 10.1 Å². The molecule has 1 aliphatic rings. The van der Waals surface area contributed by atoms with E-state index in [9.17, 15) is 10.1 Å². The van der Waals surface area contributed by atoms with Crippen LogP contribution in [0.1, 0.15) is 35.6 Å². The number of amides is 1. The molecule has 27 heavy (non-hydrogen) atoms. The van der Waals surface area contributed by atoms with Crippen molar-refractivity contribution in [1.82, 2.24) is 19.3 Å². The lowest BCUT2D eigenvalue weighted by molar-refractivity contribution is 0.101. The maximum Gasteiger partial charge on any atom is 0.276 e. The number of carbonyl (C=O) groups is 1. The molecule has 1 N–H and O–H groups in total. The second-order valence-corrected chi connectivity index (χ2v) is 6.86. The van der Waals surface area contributed by atoms with Crippen LogP contribution in [0.25, 0.3) is 11.0 Å². The molecule has 0 spiro atoms. The fraction of sp³-hybridized carbons (Fsp3) is 0.368. The van der Waals surface area contributed by atoms with Crippen molar-refractivity contribution in [2.24, 2.45) is 5.92 Å². The molecule has 0 unspecified atom stereocenters. The molecule has 0 aliphatic carbocycles. The zero-order chi connectivity index (χ0) is 19.1. The predicted molar refractivity (Wildman–Crippen MR) is 99.7 cm³/mol. The number of anilines is 1. The highest BCUT2D eigenvalue weighted by Gasteiger charge is 2.24. The molecule has 3 aromatic rings. The van der Waals surface area contributed by atoms with Crippen LogP contribution in [0.4, 0.5) is 5.95 Å². The Hall–Kier alpha value is -3.34. The number of rotatable bonds is 3. The van der Waals surface area contributed by atoms with Gasteiger partial charge in [-0.2, -0.15) is 10.4 Å². The third-order valence-corrected chi connectivity index (χ3v) is 4.61. The van der Waals surface area contributed by atoms with Gasteiger partial charge in [-0.1, -0.05) is 6.92 Å². The van der Waals surface area contributed by atoms with E-state index in [4.69, 9.17) is 4.74 Å². The normalized spacial score (nSPS) is 15.9. The van der Waals surface area contributed by atoms with Gasteiger partial charge in [0.2, 0.25) is 5.95 Å². The lowest BCUT2D eigenvalue weighted by Crippen LogP contribution is -2.21. The summed E-state index contributed by atoms with van der Waals surface area (Å²) in [5, 5.41) is 16.5. The highest BCUT2D eigenvalue weighted by molar-refractivity contribution is 6.03. The van der Waals surface area contributed by atoms with E-state index in [2.05, 4.69) is 28.4 Å². The third kappa shape index (κ3) is 2.91. The summed E-state index contributed by atoms with van der Waals surface area (Å²) >= 11 is 0. The van der Waals surface area contributed by atoms with Crippen LogP contribution in [0, 0.1) is 24.2 Å². The molecule has 4 rings (SSSR count). The van der Waals surface area contributed by atoms with Gasteiger partial charge in [0, 0.05) is 25.1 Å². The Morgan fingerprint density at radius 1 is 1.44 bits per heavy atom. The van der Waals surface area contributed by atoms with Gasteiger partial charge in [-0.25, -0.2) is 4.98 Å². The highest BCUT2D eigenvalue weighted by Crippen LogP contribution is 2.33. The Morgan fingerprint density at radius 2 is 2.26 bits per heavy atom. The molecule has 8 heteroatoms. The Balaban J connectivity index is 1.80. The molecule has 8 nitrogen and oxygen atoms in total. The number of carbonyl (C=O) groups excluding carboxylic acids is 1. The van der Waals surface area contributed by atoms with Crippen molar-refractivity contribution in [2.75, 3.05) is 11.9 Å². The van der Waals surface area contributed by atoms with E-state index in [1.165, 1.54) is 0 Å². The number of ether oxygens (including phenoxy) is 1. The van der Waals surface area contributed by atoms with Crippen LogP contribution in [0.5, 0.6) is 5.75 Å². The molecule has 1 amide bonds. The first-order chi connectivity index (χ1) is 13.0. The van der Waals surface area contributed by atoms with E-state index in [1.807, 2.05) is 18.4 Å². The van der Waals surface area contributed by atoms with Gasteiger partial charge in [0.05, 0.1) is 29.5 Å². The van der Waals surface area contributed by atoms with Crippen molar-refractivity contribution in [2.45, 2.75) is 33.9 Å². The van der Waals surface area contributed by atoms with Crippen LogP contribution in [-0.2, 0) is 13.1 Å². The summed E-state index contributed by atoms with van der Waals surface area (Å²) in [7, 11) is 0. The number of nitriles is 1. The van der Waals surface area contributed by atoms with Gasteiger partial charge >= 0.3 is 0 Å². The van der Waals surface area contributed by atoms with Crippen LogP contribution in [0.15, 0.2) is 18.2 Å². The molecular formula is C19H20N6O2. The zero-order valence-corrected chi connectivity index (χ0v) is 15.5. The second kappa shape index (κ2) is 6.43. The van der Waals surface area contributed by atoms with Crippen molar-refractivity contribution in [3.05, 3.63) is 35.2 Å². The third-order valence-electron chi connectivity index (χ3n) is 4.61. The Morgan fingerprint density at radius 3 is 3.00 bits per heavy atom.